The summed E-state index contributed by atoms with van der Waals surface area (Å²) in [6.07, 6.45) is 4.51. The van der Waals surface area contributed by atoms with Crippen molar-refractivity contribution in [3.8, 4) is 0 Å². The first-order valence-corrected chi connectivity index (χ1v) is 5.85. The van der Waals surface area contributed by atoms with E-state index in [1.54, 1.807) is 0 Å². The first-order chi connectivity index (χ1) is 7.97. The van der Waals surface area contributed by atoms with Crippen LogP contribution < -0.4 is 10.6 Å². The van der Waals surface area contributed by atoms with Gasteiger partial charge in [0, 0.05) is 6.54 Å². The molecule has 17 heavy (non-hydrogen) atoms. The molecule has 0 aliphatic heterocycles. The number of nitrogens with one attached hydrogen (secondary N) is 2. The fourth-order valence-electron chi connectivity index (χ4n) is 2.09. The van der Waals surface area contributed by atoms with Crippen LogP contribution >= 0.6 is 0 Å². The number of aliphatic carboxylic acids is 1. The molecule has 2 amide bonds. The molecule has 0 unspecified atom stereocenters. The van der Waals surface area contributed by atoms with Gasteiger partial charge >= 0.3 is 12.0 Å². The van der Waals surface area contributed by atoms with Crippen molar-refractivity contribution in [1.29, 1.82) is 0 Å². The SMILES string of the molecule is CC1(CNC(=O)N[C@H](CO)C(=O)O)CCCC1. The Morgan fingerprint density at radius 3 is 2.41 bits per heavy atom. The van der Waals surface area contributed by atoms with Crippen molar-refractivity contribution in [2.75, 3.05) is 13.2 Å². The Bertz CT molecular complexity index is 287. The number of aliphatic hydroxyl groups is 1. The van der Waals surface area contributed by atoms with E-state index in [-0.39, 0.29) is 5.41 Å². The van der Waals surface area contributed by atoms with E-state index in [4.69, 9.17) is 10.2 Å². The molecule has 1 atom stereocenters. The van der Waals surface area contributed by atoms with E-state index in [9.17, 15) is 9.59 Å². The zero-order chi connectivity index (χ0) is 12.9. The molecule has 0 aromatic rings. The zero-order valence-electron chi connectivity index (χ0n) is 10.0. The minimum absolute atomic E-state index is 0.120. The van der Waals surface area contributed by atoms with Gasteiger partial charge in [0.05, 0.1) is 6.61 Å². The van der Waals surface area contributed by atoms with Crippen molar-refractivity contribution >= 4 is 12.0 Å². The van der Waals surface area contributed by atoms with Gasteiger partial charge in [0.15, 0.2) is 6.04 Å². The standard InChI is InChI=1S/C11H20N2O4/c1-11(4-2-3-5-11)7-12-10(17)13-8(6-14)9(15)16/h8,14H,2-7H2,1H3,(H,15,16)(H2,12,13,17)/t8-/m1/s1. The second kappa shape index (κ2) is 5.86. The van der Waals surface area contributed by atoms with Gasteiger partial charge in [-0.2, -0.15) is 0 Å². The fraction of sp³-hybridized carbons (Fsp3) is 0.818. The van der Waals surface area contributed by atoms with Crippen LogP contribution in [0.4, 0.5) is 4.79 Å². The lowest BCUT2D eigenvalue weighted by Gasteiger charge is -2.24. The Kier molecular flexibility index (Phi) is 4.74. The highest BCUT2D eigenvalue weighted by atomic mass is 16.4. The normalized spacial score (nSPS) is 19.6. The van der Waals surface area contributed by atoms with E-state index in [2.05, 4.69) is 17.6 Å². The lowest BCUT2D eigenvalue weighted by molar-refractivity contribution is -0.140. The third-order valence-electron chi connectivity index (χ3n) is 3.27. The average Bonchev–Trinajstić information content (AvgIpc) is 2.70. The molecule has 0 bridgehead atoms. The van der Waals surface area contributed by atoms with Gasteiger partial charge in [-0.15, -0.1) is 0 Å². The van der Waals surface area contributed by atoms with Crippen molar-refractivity contribution in [3.63, 3.8) is 0 Å². The summed E-state index contributed by atoms with van der Waals surface area (Å²) >= 11 is 0. The maximum atomic E-state index is 11.4. The number of carboxylic acids is 1. The zero-order valence-corrected chi connectivity index (χ0v) is 10.0. The number of hydrogen-bond donors (Lipinski definition) is 4. The molecule has 0 radical (unpaired) electrons. The second-order valence-electron chi connectivity index (χ2n) is 4.92. The molecule has 1 rings (SSSR count). The number of aliphatic hydroxyl groups excluding tert-OH is 1. The van der Waals surface area contributed by atoms with E-state index >= 15 is 0 Å². The van der Waals surface area contributed by atoms with E-state index < -0.39 is 24.6 Å². The minimum atomic E-state index is -1.24. The number of rotatable bonds is 5. The van der Waals surface area contributed by atoms with Gasteiger partial charge in [-0.25, -0.2) is 9.59 Å². The molecule has 4 N–H and O–H groups in total. The molecule has 0 saturated heterocycles. The van der Waals surface area contributed by atoms with Crippen LogP contribution in [0.25, 0.3) is 0 Å². The average molecular weight is 244 g/mol. The number of carbonyl (C=O) groups excluding carboxylic acids is 1. The van der Waals surface area contributed by atoms with Crippen LogP contribution in [0.15, 0.2) is 0 Å². The molecule has 6 heteroatoms. The molecular formula is C11H20N2O4. The molecule has 6 nitrogen and oxygen atoms in total. The third kappa shape index (κ3) is 4.22. The molecule has 0 aromatic carbocycles. The number of amides is 2. The largest absolute Gasteiger partial charge is 0.480 e. The molecule has 0 spiro atoms. The summed E-state index contributed by atoms with van der Waals surface area (Å²) < 4.78 is 0. The Labute approximate surface area is 100 Å². The predicted molar refractivity (Wildman–Crippen MR) is 61.6 cm³/mol. The summed E-state index contributed by atoms with van der Waals surface area (Å²) in [5.74, 6) is -1.24. The van der Waals surface area contributed by atoms with Gasteiger partial charge in [0.1, 0.15) is 0 Å². The first-order valence-electron chi connectivity index (χ1n) is 5.85. The molecule has 1 aliphatic rings. The lowest BCUT2D eigenvalue weighted by Crippen LogP contribution is -2.49. The van der Waals surface area contributed by atoms with Crippen molar-refractivity contribution in [3.05, 3.63) is 0 Å². The van der Waals surface area contributed by atoms with E-state index in [0.717, 1.165) is 12.8 Å². The quantitative estimate of drug-likeness (QED) is 0.559. The van der Waals surface area contributed by atoms with Gasteiger partial charge in [0.2, 0.25) is 0 Å². The van der Waals surface area contributed by atoms with E-state index in [0.29, 0.717) is 6.54 Å². The molecule has 1 saturated carbocycles. The Balaban J connectivity index is 2.31. The van der Waals surface area contributed by atoms with Gasteiger partial charge in [-0.3, -0.25) is 0 Å². The third-order valence-corrected chi connectivity index (χ3v) is 3.27. The molecule has 1 aliphatic carbocycles. The van der Waals surface area contributed by atoms with Crippen LogP contribution in [-0.2, 0) is 4.79 Å². The van der Waals surface area contributed by atoms with Crippen molar-refractivity contribution < 1.29 is 19.8 Å². The van der Waals surface area contributed by atoms with Crippen LogP contribution in [0.3, 0.4) is 0 Å². The highest BCUT2D eigenvalue weighted by molar-refractivity contribution is 5.82. The smallest absolute Gasteiger partial charge is 0.328 e. The van der Waals surface area contributed by atoms with Gasteiger partial charge in [-0.1, -0.05) is 19.8 Å². The van der Waals surface area contributed by atoms with Gasteiger partial charge in [-0.05, 0) is 18.3 Å². The van der Waals surface area contributed by atoms with Crippen molar-refractivity contribution in [2.45, 2.75) is 38.6 Å². The summed E-state index contributed by atoms with van der Waals surface area (Å²) in [6.45, 7) is 2.04. The van der Waals surface area contributed by atoms with E-state index in [1.165, 1.54) is 12.8 Å². The number of carbonyl (C=O) groups is 2. The summed E-state index contributed by atoms with van der Waals surface area (Å²) in [5, 5.41) is 22.3. The maximum absolute atomic E-state index is 11.4. The van der Waals surface area contributed by atoms with Gasteiger partial charge in [0.25, 0.3) is 0 Å². The number of urea groups is 1. The minimum Gasteiger partial charge on any atom is -0.480 e. The monoisotopic (exact) mass is 244 g/mol. The highest BCUT2D eigenvalue weighted by Crippen LogP contribution is 2.36. The maximum Gasteiger partial charge on any atom is 0.328 e. The van der Waals surface area contributed by atoms with E-state index in [1.807, 2.05) is 0 Å². The molecule has 0 aromatic heterocycles. The first kappa shape index (κ1) is 13.8. The van der Waals surface area contributed by atoms with Crippen LogP contribution in [0, 0.1) is 5.41 Å². The molecule has 0 heterocycles. The molecule has 1 fully saturated rings. The summed E-state index contributed by atoms with van der Waals surface area (Å²) in [6, 6.07) is -1.79. The Morgan fingerprint density at radius 2 is 1.94 bits per heavy atom. The van der Waals surface area contributed by atoms with Crippen molar-refractivity contribution in [1.82, 2.24) is 10.6 Å². The second-order valence-corrected chi connectivity index (χ2v) is 4.92. The summed E-state index contributed by atoms with van der Waals surface area (Å²) in [4.78, 5) is 22.0. The molecule has 98 valence electrons. The van der Waals surface area contributed by atoms with Crippen LogP contribution in [-0.4, -0.2) is 41.4 Å². The molecular weight excluding hydrogens is 224 g/mol. The predicted octanol–water partition coefficient (Wildman–Crippen LogP) is 0.311. The van der Waals surface area contributed by atoms with Crippen LogP contribution in [0.1, 0.15) is 32.6 Å². The Morgan fingerprint density at radius 1 is 1.35 bits per heavy atom. The summed E-state index contributed by atoms with van der Waals surface area (Å²) in [7, 11) is 0. The van der Waals surface area contributed by atoms with Crippen LogP contribution in [0.2, 0.25) is 0 Å². The number of hydrogen-bond acceptors (Lipinski definition) is 3. The fourth-order valence-corrected chi connectivity index (χ4v) is 2.09. The van der Waals surface area contributed by atoms with Crippen molar-refractivity contribution in [2.24, 2.45) is 5.41 Å². The highest BCUT2D eigenvalue weighted by Gasteiger charge is 2.29. The lowest BCUT2D eigenvalue weighted by atomic mass is 9.89. The summed E-state index contributed by atoms with van der Waals surface area (Å²) in [5.41, 5.74) is 0.120. The number of carboxylic acid groups (broad SMARTS) is 1. The van der Waals surface area contributed by atoms with Crippen LogP contribution in [0.5, 0.6) is 0 Å². The topological polar surface area (TPSA) is 98.7 Å². The van der Waals surface area contributed by atoms with Gasteiger partial charge < -0.3 is 20.8 Å². The Hall–Kier alpha value is -1.30.